The summed E-state index contributed by atoms with van der Waals surface area (Å²) in [6, 6.07) is 0.348. The third kappa shape index (κ3) is 1.29. The van der Waals surface area contributed by atoms with Gasteiger partial charge in [0.1, 0.15) is 0 Å². The summed E-state index contributed by atoms with van der Waals surface area (Å²) in [5, 5.41) is 9.16. The van der Waals surface area contributed by atoms with Crippen molar-refractivity contribution in [3.8, 4) is 0 Å². The van der Waals surface area contributed by atoms with Crippen LogP contribution in [0.15, 0.2) is 35.6 Å². The van der Waals surface area contributed by atoms with Crippen molar-refractivity contribution in [2.45, 2.75) is 6.04 Å². The summed E-state index contributed by atoms with van der Waals surface area (Å²) in [5.41, 5.74) is 7.91. The third-order valence-electron chi connectivity index (χ3n) is 3.08. The van der Waals surface area contributed by atoms with E-state index >= 15 is 0 Å². The number of rotatable bonds is 2. The Morgan fingerprint density at radius 3 is 3.00 bits per heavy atom. The van der Waals surface area contributed by atoms with Crippen LogP contribution in [0.4, 0.5) is 0 Å². The summed E-state index contributed by atoms with van der Waals surface area (Å²) in [6.07, 6.45) is 8.40. The fourth-order valence-corrected chi connectivity index (χ4v) is 2.20. The molecule has 0 aromatic heterocycles. The van der Waals surface area contributed by atoms with Crippen molar-refractivity contribution in [1.82, 2.24) is 4.90 Å². The smallest absolute Gasteiger partial charge is 0.0826 e. The molecule has 14 heavy (non-hydrogen) atoms. The van der Waals surface area contributed by atoms with Gasteiger partial charge in [-0.3, -0.25) is 0 Å². The van der Waals surface area contributed by atoms with E-state index < -0.39 is 0 Å². The Morgan fingerprint density at radius 1 is 1.57 bits per heavy atom. The van der Waals surface area contributed by atoms with Crippen LogP contribution in [0.2, 0.25) is 0 Å². The van der Waals surface area contributed by atoms with Crippen LogP contribution in [0.3, 0.4) is 0 Å². The number of aliphatic hydroxyl groups excluding tert-OH is 1. The number of fused-ring (bicyclic) bond motifs is 1. The van der Waals surface area contributed by atoms with Crippen molar-refractivity contribution in [2.75, 3.05) is 20.2 Å². The van der Waals surface area contributed by atoms with Crippen LogP contribution in [-0.2, 0) is 0 Å². The normalized spacial score (nSPS) is 30.1. The molecule has 2 aliphatic rings. The number of hydrogen-bond donors (Lipinski definition) is 2. The van der Waals surface area contributed by atoms with Crippen LogP contribution >= 0.6 is 0 Å². The molecule has 3 N–H and O–H groups in total. The second-order valence-electron chi connectivity index (χ2n) is 3.77. The van der Waals surface area contributed by atoms with Crippen molar-refractivity contribution in [1.29, 1.82) is 0 Å². The lowest BCUT2D eigenvalue weighted by atomic mass is 9.89. The molecule has 0 spiro atoms. The number of hydrogen-bond acceptors (Lipinski definition) is 3. The lowest BCUT2D eigenvalue weighted by Gasteiger charge is -2.28. The van der Waals surface area contributed by atoms with E-state index in [-0.39, 0.29) is 6.61 Å². The first-order chi connectivity index (χ1) is 6.77. The molecule has 1 heterocycles. The second kappa shape index (κ2) is 3.59. The van der Waals surface area contributed by atoms with E-state index in [0.29, 0.717) is 18.5 Å². The van der Waals surface area contributed by atoms with Crippen LogP contribution in [0, 0.1) is 5.92 Å². The van der Waals surface area contributed by atoms with Crippen molar-refractivity contribution in [3.63, 3.8) is 0 Å². The van der Waals surface area contributed by atoms with Gasteiger partial charge >= 0.3 is 0 Å². The fraction of sp³-hybridized carbons (Fsp3) is 0.455. The predicted octanol–water partition coefficient (Wildman–Crippen LogP) is 0.248. The lowest BCUT2D eigenvalue weighted by molar-refractivity contribution is 0.262. The maximum atomic E-state index is 9.16. The van der Waals surface area contributed by atoms with Crippen LogP contribution in [0.25, 0.3) is 0 Å². The quantitative estimate of drug-likeness (QED) is 0.659. The Hall–Kier alpha value is -1.06. The number of likely N-dealkylation sites (N-methyl/N-ethyl adjacent to an activating group) is 1. The molecule has 0 bridgehead atoms. The SMILES string of the molecule is CN1C(CO)=CC2C(CN)=CC=CC21. The van der Waals surface area contributed by atoms with Crippen LogP contribution in [0.5, 0.6) is 0 Å². The molecule has 2 unspecified atom stereocenters. The topological polar surface area (TPSA) is 49.5 Å². The molecule has 2 rings (SSSR count). The molecule has 2 atom stereocenters. The van der Waals surface area contributed by atoms with E-state index in [1.165, 1.54) is 5.57 Å². The number of nitrogens with two attached hydrogens (primary N) is 1. The minimum absolute atomic E-state index is 0.106. The third-order valence-corrected chi connectivity index (χ3v) is 3.08. The van der Waals surface area contributed by atoms with Gasteiger partial charge in [0, 0.05) is 25.2 Å². The van der Waals surface area contributed by atoms with E-state index in [1.54, 1.807) is 0 Å². The lowest BCUT2D eigenvalue weighted by Crippen LogP contribution is -2.33. The molecule has 0 saturated heterocycles. The Labute approximate surface area is 84.2 Å². The van der Waals surface area contributed by atoms with E-state index in [4.69, 9.17) is 10.8 Å². The zero-order valence-electron chi connectivity index (χ0n) is 8.35. The molecule has 0 aromatic carbocycles. The maximum absolute atomic E-state index is 9.16. The Morgan fingerprint density at radius 2 is 2.36 bits per heavy atom. The van der Waals surface area contributed by atoms with E-state index in [1.807, 2.05) is 13.1 Å². The van der Waals surface area contributed by atoms with Crippen LogP contribution in [0.1, 0.15) is 0 Å². The first kappa shape index (κ1) is 9.49. The van der Waals surface area contributed by atoms with Gasteiger partial charge in [-0.1, -0.05) is 24.3 Å². The molecule has 1 aliphatic heterocycles. The molecule has 0 radical (unpaired) electrons. The van der Waals surface area contributed by atoms with Crippen molar-refractivity contribution in [2.24, 2.45) is 11.7 Å². The van der Waals surface area contributed by atoms with Crippen molar-refractivity contribution < 1.29 is 5.11 Å². The molecule has 76 valence electrons. The van der Waals surface area contributed by atoms with Crippen LogP contribution in [-0.4, -0.2) is 36.2 Å². The van der Waals surface area contributed by atoms with Gasteiger partial charge < -0.3 is 15.7 Å². The van der Waals surface area contributed by atoms with Crippen LogP contribution < -0.4 is 5.73 Å². The largest absolute Gasteiger partial charge is 0.390 e. The highest BCUT2D eigenvalue weighted by atomic mass is 16.3. The molecular weight excluding hydrogens is 176 g/mol. The Kier molecular flexibility index (Phi) is 2.44. The average Bonchev–Trinajstić information content (AvgIpc) is 2.55. The van der Waals surface area contributed by atoms with Gasteiger partial charge in [-0.05, 0) is 5.57 Å². The van der Waals surface area contributed by atoms with E-state index in [2.05, 4.69) is 23.1 Å². The number of nitrogens with zero attached hydrogens (tertiary/aromatic N) is 1. The zero-order chi connectivity index (χ0) is 10.1. The summed E-state index contributed by atoms with van der Waals surface area (Å²) >= 11 is 0. The first-order valence-electron chi connectivity index (χ1n) is 4.89. The highest BCUT2D eigenvalue weighted by molar-refractivity contribution is 5.35. The van der Waals surface area contributed by atoms with Gasteiger partial charge in [0.2, 0.25) is 0 Å². The highest BCUT2D eigenvalue weighted by Gasteiger charge is 2.32. The number of aliphatic hydroxyl groups is 1. The summed E-state index contributed by atoms with van der Waals surface area (Å²) < 4.78 is 0. The summed E-state index contributed by atoms with van der Waals surface area (Å²) in [6.45, 7) is 0.698. The Balaban J connectivity index is 2.29. The Bertz CT molecular complexity index is 317. The minimum Gasteiger partial charge on any atom is -0.390 e. The fourth-order valence-electron chi connectivity index (χ4n) is 2.20. The predicted molar refractivity (Wildman–Crippen MR) is 56.5 cm³/mol. The van der Waals surface area contributed by atoms with Crippen molar-refractivity contribution >= 4 is 0 Å². The van der Waals surface area contributed by atoms with E-state index in [0.717, 1.165) is 5.70 Å². The molecule has 0 amide bonds. The first-order valence-corrected chi connectivity index (χ1v) is 4.89. The average molecular weight is 192 g/mol. The van der Waals surface area contributed by atoms with Gasteiger partial charge in [-0.15, -0.1) is 0 Å². The molecule has 3 heteroatoms. The van der Waals surface area contributed by atoms with Gasteiger partial charge in [0.25, 0.3) is 0 Å². The van der Waals surface area contributed by atoms with Gasteiger partial charge in [0.05, 0.1) is 12.6 Å². The monoisotopic (exact) mass is 192 g/mol. The minimum atomic E-state index is 0.106. The molecule has 0 saturated carbocycles. The summed E-state index contributed by atoms with van der Waals surface area (Å²) in [4.78, 5) is 2.11. The van der Waals surface area contributed by atoms with Gasteiger partial charge in [-0.2, -0.15) is 0 Å². The standard InChI is InChI=1S/C11H16N2O/c1-13-9(7-14)5-10-8(6-12)3-2-4-11(10)13/h2-5,10-11,14H,6-7,12H2,1H3. The molecule has 0 fully saturated rings. The summed E-state index contributed by atoms with van der Waals surface area (Å²) in [5.74, 6) is 0.358. The molecule has 0 aromatic rings. The van der Waals surface area contributed by atoms with E-state index in [9.17, 15) is 0 Å². The molecule has 1 aliphatic carbocycles. The summed E-state index contributed by atoms with van der Waals surface area (Å²) in [7, 11) is 2.01. The second-order valence-corrected chi connectivity index (χ2v) is 3.77. The molecular formula is C11H16N2O. The molecule has 3 nitrogen and oxygen atoms in total. The highest BCUT2D eigenvalue weighted by Crippen LogP contribution is 2.33. The van der Waals surface area contributed by atoms with Gasteiger partial charge in [0.15, 0.2) is 0 Å². The van der Waals surface area contributed by atoms with Gasteiger partial charge in [-0.25, -0.2) is 0 Å². The zero-order valence-corrected chi connectivity index (χ0v) is 8.35. The van der Waals surface area contributed by atoms with Crippen molar-refractivity contribution in [3.05, 3.63) is 35.6 Å². The number of allylic oxidation sites excluding steroid dienone is 2. The maximum Gasteiger partial charge on any atom is 0.0826 e.